The zero-order valence-corrected chi connectivity index (χ0v) is 10.4. The summed E-state index contributed by atoms with van der Waals surface area (Å²) in [6.45, 7) is 1.95. The molecule has 2 rings (SSSR count). The van der Waals surface area contributed by atoms with Crippen LogP contribution in [0, 0.1) is 0 Å². The number of aromatic nitrogens is 1. The molecule has 1 aromatic heterocycles. The molecule has 1 heterocycles. The van der Waals surface area contributed by atoms with Crippen LogP contribution >= 0.6 is 0 Å². The summed E-state index contributed by atoms with van der Waals surface area (Å²) in [5.41, 5.74) is 1.61. The highest BCUT2D eigenvalue weighted by Crippen LogP contribution is 2.20. The van der Waals surface area contributed by atoms with Crippen LogP contribution in [0.15, 0.2) is 48.7 Å². The minimum Gasteiger partial charge on any atom is -0.324 e. The van der Waals surface area contributed by atoms with Gasteiger partial charge in [-0.3, -0.25) is 9.78 Å². The second-order valence-corrected chi connectivity index (χ2v) is 4.04. The normalized spacial score (nSPS) is 10.9. The number of hydrogen-bond acceptors (Lipinski definition) is 2. The monoisotopic (exact) mass is 240 g/mol. The van der Waals surface area contributed by atoms with Crippen LogP contribution in [0.5, 0.6) is 0 Å². The lowest BCUT2D eigenvalue weighted by molar-refractivity contribution is -0.116. The van der Waals surface area contributed by atoms with Crippen LogP contribution in [0.25, 0.3) is 10.9 Å². The lowest BCUT2D eigenvalue weighted by Crippen LogP contribution is -2.11. The number of amides is 1. The predicted molar refractivity (Wildman–Crippen MR) is 74.4 cm³/mol. The number of anilines is 1. The maximum Gasteiger partial charge on any atom is 0.224 e. The van der Waals surface area contributed by atoms with E-state index in [0.717, 1.165) is 23.0 Å². The second-order valence-electron chi connectivity index (χ2n) is 4.04. The Morgan fingerprint density at radius 2 is 2.17 bits per heavy atom. The van der Waals surface area contributed by atoms with Gasteiger partial charge < -0.3 is 5.32 Å². The molecule has 1 amide bonds. The van der Waals surface area contributed by atoms with Crippen LogP contribution in [0.4, 0.5) is 5.69 Å². The van der Waals surface area contributed by atoms with Crippen LogP contribution in [-0.2, 0) is 4.79 Å². The van der Waals surface area contributed by atoms with Crippen LogP contribution in [0.1, 0.15) is 19.8 Å². The molecule has 3 nitrogen and oxygen atoms in total. The number of rotatable bonds is 4. The lowest BCUT2D eigenvalue weighted by atomic mass is 10.2. The first-order valence-electron chi connectivity index (χ1n) is 6.06. The van der Waals surface area contributed by atoms with Crippen molar-refractivity contribution in [3.63, 3.8) is 0 Å². The zero-order valence-electron chi connectivity index (χ0n) is 10.4. The Labute approximate surface area is 107 Å². The van der Waals surface area contributed by atoms with Crippen molar-refractivity contribution in [3.05, 3.63) is 48.7 Å². The molecule has 3 heteroatoms. The molecule has 1 N–H and O–H groups in total. The number of carbonyl (C=O) groups is 1. The zero-order chi connectivity index (χ0) is 12.8. The number of allylic oxidation sites excluding steroid dienone is 2. The largest absolute Gasteiger partial charge is 0.324 e. The summed E-state index contributed by atoms with van der Waals surface area (Å²) in [6.07, 6.45) is 6.93. The fraction of sp³-hybridized carbons (Fsp3) is 0.200. The van der Waals surface area contributed by atoms with Crippen molar-refractivity contribution in [1.82, 2.24) is 4.98 Å². The van der Waals surface area contributed by atoms with Gasteiger partial charge in [0.25, 0.3) is 0 Å². The van der Waals surface area contributed by atoms with E-state index < -0.39 is 0 Å². The van der Waals surface area contributed by atoms with E-state index >= 15 is 0 Å². The SMILES string of the molecule is C/C=C/CCC(=O)Nc1cccc2cccnc12. The molecule has 0 unspecified atom stereocenters. The van der Waals surface area contributed by atoms with E-state index in [0.29, 0.717) is 6.42 Å². The van der Waals surface area contributed by atoms with Crippen LogP contribution in [-0.4, -0.2) is 10.9 Å². The van der Waals surface area contributed by atoms with Gasteiger partial charge in [-0.2, -0.15) is 0 Å². The molecular weight excluding hydrogens is 224 g/mol. The van der Waals surface area contributed by atoms with Crippen LogP contribution in [0.2, 0.25) is 0 Å². The number of nitrogens with one attached hydrogen (secondary N) is 1. The van der Waals surface area contributed by atoms with E-state index in [1.54, 1.807) is 6.20 Å². The minimum atomic E-state index is 0.0197. The summed E-state index contributed by atoms with van der Waals surface area (Å²) < 4.78 is 0. The van der Waals surface area contributed by atoms with Crippen molar-refractivity contribution >= 4 is 22.5 Å². The van der Waals surface area contributed by atoms with Crippen LogP contribution < -0.4 is 5.32 Å². The van der Waals surface area contributed by atoms with Gasteiger partial charge in [0, 0.05) is 18.0 Å². The molecule has 0 aliphatic heterocycles. The average Bonchev–Trinajstić information content (AvgIpc) is 2.39. The second kappa shape index (κ2) is 5.96. The third kappa shape index (κ3) is 2.94. The Balaban J connectivity index is 2.14. The quantitative estimate of drug-likeness (QED) is 0.831. The van der Waals surface area contributed by atoms with Crippen molar-refractivity contribution in [1.29, 1.82) is 0 Å². The molecule has 0 atom stereocenters. The third-order valence-electron chi connectivity index (χ3n) is 2.68. The topological polar surface area (TPSA) is 42.0 Å². The molecule has 1 aromatic carbocycles. The van der Waals surface area contributed by atoms with Gasteiger partial charge in [-0.1, -0.05) is 30.4 Å². The number of para-hydroxylation sites is 1. The summed E-state index contributed by atoms with van der Waals surface area (Å²) in [6, 6.07) is 9.66. The van der Waals surface area contributed by atoms with E-state index in [1.807, 2.05) is 49.4 Å². The highest BCUT2D eigenvalue weighted by molar-refractivity contribution is 6.00. The maximum absolute atomic E-state index is 11.8. The molecule has 0 aliphatic rings. The number of hydrogen-bond donors (Lipinski definition) is 1. The molecule has 0 radical (unpaired) electrons. The fourth-order valence-corrected chi connectivity index (χ4v) is 1.80. The Hall–Kier alpha value is -2.16. The number of pyridine rings is 1. The molecule has 0 bridgehead atoms. The molecular formula is C15H16N2O. The van der Waals surface area contributed by atoms with Crippen molar-refractivity contribution in [2.24, 2.45) is 0 Å². The summed E-state index contributed by atoms with van der Waals surface area (Å²) >= 11 is 0. The van der Waals surface area contributed by atoms with E-state index in [2.05, 4.69) is 10.3 Å². The van der Waals surface area contributed by atoms with Crippen LogP contribution in [0.3, 0.4) is 0 Å². The average molecular weight is 240 g/mol. The molecule has 0 fully saturated rings. The van der Waals surface area contributed by atoms with E-state index in [4.69, 9.17) is 0 Å². The Bertz CT molecular complexity index is 570. The number of nitrogens with zero attached hydrogens (tertiary/aromatic N) is 1. The lowest BCUT2D eigenvalue weighted by Gasteiger charge is -2.07. The first kappa shape index (κ1) is 12.3. The molecule has 0 aliphatic carbocycles. The fourth-order valence-electron chi connectivity index (χ4n) is 1.80. The van der Waals surface area contributed by atoms with E-state index in [1.165, 1.54) is 0 Å². The Morgan fingerprint density at radius 3 is 3.00 bits per heavy atom. The van der Waals surface area contributed by atoms with Gasteiger partial charge in [-0.05, 0) is 25.5 Å². The molecule has 2 aromatic rings. The molecule has 92 valence electrons. The highest BCUT2D eigenvalue weighted by atomic mass is 16.1. The predicted octanol–water partition coefficient (Wildman–Crippen LogP) is 3.53. The van der Waals surface area contributed by atoms with Crippen molar-refractivity contribution in [3.8, 4) is 0 Å². The van der Waals surface area contributed by atoms with Gasteiger partial charge in [0.15, 0.2) is 0 Å². The van der Waals surface area contributed by atoms with E-state index in [9.17, 15) is 4.79 Å². The van der Waals surface area contributed by atoms with Gasteiger partial charge in [0.1, 0.15) is 0 Å². The molecule has 18 heavy (non-hydrogen) atoms. The van der Waals surface area contributed by atoms with Gasteiger partial charge in [0.2, 0.25) is 5.91 Å². The standard InChI is InChI=1S/C15H16N2O/c1-2-3-4-10-14(18)17-13-9-5-7-12-8-6-11-16-15(12)13/h2-3,5-9,11H,4,10H2,1H3,(H,17,18)/b3-2+. The first-order valence-corrected chi connectivity index (χ1v) is 6.06. The minimum absolute atomic E-state index is 0.0197. The third-order valence-corrected chi connectivity index (χ3v) is 2.68. The Morgan fingerprint density at radius 1 is 1.33 bits per heavy atom. The number of benzene rings is 1. The summed E-state index contributed by atoms with van der Waals surface area (Å²) in [4.78, 5) is 16.1. The number of carbonyl (C=O) groups excluding carboxylic acids is 1. The smallest absolute Gasteiger partial charge is 0.224 e. The van der Waals surface area contributed by atoms with Gasteiger partial charge >= 0.3 is 0 Å². The van der Waals surface area contributed by atoms with Crippen molar-refractivity contribution < 1.29 is 4.79 Å². The van der Waals surface area contributed by atoms with E-state index in [-0.39, 0.29) is 5.91 Å². The summed E-state index contributed by atoms with van der Waals surface area (Å²) in [7, 11) is 0. The van der Waals surface area contributed by atoms with Crippen molar-refractivity contribution in [2.45, 2.75) is 19.8 Å². The van der Waals surface area contributed by atoms with Gasteiger partial charge in [0.05, 0.1) is 11.2 Å². The van der Waals surface area contributed by atoms with Gasteiger partial charge in [-0.25, -0.2) is 0 Å². The molecule has 0 spiro atoms. The Kier molecular flexibility index (Phi) is 4.07. The van der Waals surface area contributed by atoms with Gasteiger partial charge in [-0.15, -0.1) is 0 Å². The molecule has 0 saturated carbocycles. The molecule has 0 saturated heterocycles. The maximum atomic E-state index is 11.8. The number of fused-ring (bicyclic) bond motifs is 1. The van der Waals surface area contributed by atoms with Crippen molar-refractivity contribution in [2.75, 3.05) is 5.32 Å². The highest BCUT2D eigenvalue weighted by Gasteiger charge is 2.05. The summed E-state index contributed by atoms with van der Waals surface area (Å²) in [5.74, 6) is 0.0197. The summed E-state index contributed by atoms with van der Waals surface area (Å²) in [5, 5.41) is 3.94. The first-order chi connectivity index (χ1) is 8.81.